The standard InChI is InChI=1S/C12H10Cl2N4O2/c13-8-1-2-9(14)12(7-8)20-11(3-5-16-18-15)10-4-6-19-17-10/h1-2,4,6-7,11H,3,5H2/t11-/m1/s1. The molecule has 1 atom stereocenters. The number of benzene rings is 1. The number of azide groups is 1. The summed E-state index contributed by atoms with van der Waals surface area (Å²) in [5.74, 6) is 0.438. The van der Waals surface area contributed by atoms with E-state index >= 15 is 0 Å². The van der Waals surface area contributed by atoms with Gasteiger partial charge in [-0.2, -0.15) is 0 Å². The summed E-state index contributed by atoms with van der Waals surface area (Å²) in [5.41, 5.74) is 8.92. The van der Waals surface area contributed by atoms with E-state index in [-0.39, 0.29) is 6.54 Å². The van der Waals surface area contributed by atoms with E-state index < -0.39 is 6.10 Å². The molecule has 1 aromatic carbocycles. The highest BCUT2D eigenvalue weighted by Crippen LogP contribution is 2.32. The van der Waals surface area contributed by atoms with Crippen LogP contribution in [-0.4, -0.2) is 11.7 Å². The normalized spacial score (nSPS) is 11.7. The molecule has 0 bridgehead atoms. The van der Waals surface area contributed by atoms with Crippen molar-refractivity contribution in [1.29, 1.82) is 0 Å². The maximum absolute atomic E-state index is 8.32. The van der Waals surface area contributed by atoms with Crippen molar-refractivity contribution in [3.63, 3.8) is 0 Å². The van der Waals surface area contributed by atoms with Gasteiger partial charge in [-0.05, 0) is 24.1 Å². The van der Waals surface area contributed by atoms with Crippen LogP contribution in [0.25, 0.3) is 10.4 Å². The van der Waals surface area contributed by atoms with Crippen molar-refractivity contribution in [3.8, 4) is 5.75 Å². The van der Waals surface area contributed by atoms with E-state index in [1.165, 1.54) is 6.26 Å². The minimum absolute atomic E-state index is 0.270. The van der Waals surface area contributed by atoms with Gasteiger partial charge in [0.2, 0.25) is 0 Å². The summed E-state index contributed by atoms with van der Waals surface area (Å²) in [5, 5.41) is 8.27. The van der Waals surface area contributed by atoms with Gasteiger partial charge >= 0.3 is 0 Å². The number of hydrogen-bond acceptors (Lipinski definition) is 4. The number of aromatic nitrogens is 1. The van der Waals surface area contributed by atoms with Gasteiger partial charge in [0.25, 0.3) is 0 Å². The first-order valence-electron chi connectivity index (χ1n) is 5.73. The molecule has 1 aromatic heterocycles. The SMILES string of the molecule is [N-]=[N+]=NCC[C@@H](Oc1cc(Cl)ccc1Cl)c1ccon1. The molecule has 2 aromatic rings. The fraction of sp³-hybridized carbons (Fsp3) is 0.250. The largest absolute Gasteiger partial charge is 0.482 e. The third-order valence-corrected chi connectivity index (χ3v) is 3.05. The zero-order valence-electron chi connectivity index (χ0n) is 10.2. The Bertz CT molecular complexity index is 612. The summed E-state index contributed by atoms with van der Waals surface area (Å²) in [7, 11) is 0. The molecular weight excluding hydrogens is 303 g/mol. The van der Waals surface area contributed by atoms with Gasteiger partial charge in [0, 0.05) is 28.6 Å². The number of nitrogens with zero attached hydrogens (tertiary/aromatic N) is 4. The van der Waals surface area contributed by atoms with Gasteiger partial charge in [-0.3, -0.25) is 0 Å². The predicted octanol–water partition coefficient (Wildman–Crippen LogP) is 4.80. The van der Waals surface area contributed by atoms with Gasteiger partial charge in [0.1, 0.15) is 23.8 Å². The molecule has 20 heavy (non-hydrogen) atoms. The molecule has 8 heteroatoms. The molecule has 6 nitrogen and oxygen atoms in total. The first-order chi connectivity index (χ1) is 9.70. The molecule has 1 heterocycles. The first kappa shape index (κ1) is 14.5. The van der Waals surface area contributed by atoms with Crippen LogP contribution in [0.1, 0.15) is 18.2 Å². The molecule has 0 radical (unpaired) electrons. The molecule has 0 fully saturated rings. The second kappa shape index (κ2) is 7.05. The molecule has 0 unspecified atom stereocenters. The Balaban J connectivity index is 2.18. The smallest absolute Gasteiger partial charge is 0.144 e. The number of halogens is 2. The van der Waals surface area contributed by atoms with Crippen molar-refractivity contribution in [2.75, 3.05) is 6.54 Å². The van der Waals surface area contributed by atoms with Gasteiger partial charge in [-0.15, -0.1) is 0 Å². The van der Waals surface area contributed by atoms with Crippen molar-refractivity contribution < 1.29 is 9.26 Å². The Kier molecular flexibility index (Phi) is 5.12. The lowest BCUT2D eigenvalue weighted by Gasteiger charge is -2.17. The summed E-state index contributed by atoms with van der Waals surface area (Å²) in [6, 6.07) is 6.61. The van der Waals surface area contributed by atoms with Crippen LogP contribution in [0.3, 0.4) is 0 Å². The summed E-state index contributed by atoms with van der Waals surface area (Å²) >= 11 is 12.0. The molecule has 0 saturated carbocycles. The van der Waals surface area contributed by atoms with E-state index in [1.54, 1.807) is 24.3 Å². The van der Waals surface area contributed by atoms with Crippen molar-refractivity contribution >= 4 is 23.2 Å². The molecule has 0 saturated heterocycles. The van der Waals surface area contributed by atoms with Crippen molar-refractivity contribution in [2.24, 2.45) is 5.11 Å². The van der Waals surface area contributed by atoms with Crippen LogP contribution in [0.5, 0.6) is 5.75 Å². The average molecular weight is 313 g/mol. The van der Waals surface area contributed by atoms with Crippen LogP contribution in [-0.2, 0) is 0 Å². The average Bonchev–Trinajstić information content (AvgIpc) is 2.96. The van der Waals surface area contributed by atoms with Crippen LogP contribution in [0.15, 0.2) is 40.2 Å². The fourth-order valence-electron chi connectivity index (χ4n) is 1.60. The van der Waals surface area contributed by atoms with Crippen molar-refractivity contribution in [2.45, 2.75) is 12.5 Å². The number of ether oxygens (including phenoxy) is 1. The van der Waals surface area contributed by atoms with Crippen molar-refractivity contribution in [3.05, 3.63) is 56.7 Å². The van der Waals surface area contributed by atoms with E-state index in [4.69, 9.17) is 38.0 Å². The van der Waals surface area contributed by atoms with Gasteiger partial charge in [-0.1, -0.05) is 33.5 Å². The molecule has 0 amide bonds. The second-order valence-electron chi connectivity index (χ2n) is 3.85. The van der Waals surface area contributed by atoms with E-state index in [0.717, 1.165) is 0 Å². The first-order valence-corrected chi connectivity index (χ1v) is 6.49. The van der Waals surface area contributed by atoms with Gasteiger partial charge in [0.05, 0.1) is 5.02 Å². The third-order valence-electron chi connectivity index (χ3n) is 2.50. The third kappa shape index (κ3) is 3.81. The molecule has 0 aliphatic carbocycles. The van der Waals surface area contributed by atoms with Crippen LogP contribution < -0.4 is 4.74 Å². The van der Waals surface area contributed by atoms with Gasteiger partial charge < -0.3 is 9.26 Å². The topological polar surface area (TPSA) is 84.0 Å². The van der Waals surface area contributed by atoms with Crippen LogP contribution in [0, 0.1) is 0 Å². The Morgan fingerprint density at radius 2 is 2.25 bits per heavy atom. The maximum atomic E-state index is 8.32. The second-order valence-corrected chi connectivity index (χ2v) is 4.69. The Hall–Kier alpha value is -1.88. The summed E-state index contributed by atoms with van der Waals surface area (Å²) in [4.78, 5) is 2.71. The Labute approximate surface area is 124 Å². The van der Waals surface area contributed by atoms with E-state index in [0.29, 0.717) is 27.9 Å². The van der Waals surface area contributed by atoms with Crippen molar-refractivity contribution in [1.82, 2.24) is 5.16 Å². The van der Waals surface area contributed by atoms with E-state index in [9.17, 15) is 0 Å². The lowest BCUT2D eigenvalue weighted by atomic mass is 10.2. The quantitative estimate of drug-likeness (QED) is 0.436. The summed E-state index contributed by atoms with van der Waals surface area (Å²) < 4.78 is 10.6. The Morgan fingerprint density at radius 1 is 1.40 bits per heavy atom. The zero-order chi connectivity index (χ0) is 14.4. The highest BCUT2D eigenvalue weighted by atomic mass is 35.5. The van der Waals surface area contributed by atoms with E-state index in [2.05, 4.69) is 15.2 Å². The highest BCUT2D eigenvalue weighted by Gasteiger charge is 2.17. The molecule has 104 valence electrons. The number of hydrogen-bond donors (Lipinski definition) is 0. The number of rotatable bonds is 6. The van der Waals surface area contributed by atoms with E-state index in [1.807, 2.05) is 0 Å². The molecule has 0 aliphatic rings. The molecule has 0 spiro atoms. The van der Waals surface area contributed by atoms with Crippen LogP contribution in [0.2, 0.25) is 10.0 Å². The molecular formula is C12H10Cl2N4O2. The predicted molar refractivity (Wildman–Crippen MR) is 75.0 cm³/mol. The highest BCUT2D eigenvalue weighted by molar-refractivity contribution is 6.34. The Morgan fingerprint density at radius 3 is 2.95 bits per heavy atom. The fourth-order valence-corrected chi connectivity index (χ4v) is 1.92. The van der Waals surface area contributed by atoms with Gasteiger partial charge in [0.15, 0.2) is 0 Å². The molecule has 2 rings (SSSR count). The van der Waals surface area contributed by atoms with Gasteiger partial charge in [-0.25, -0.2) is 0 Å². The summed E-state index contributed by atoms with van der Waals surface area (Å²) in [6.07, 6.45) is 1.45. The van der Waals surface area contributed by atoms with Crippen LogP contribution >= 0.6 is 23.2 Å². The maximum Gasteiger partial charge on any atom is 0.144 e. The molecule has 0 aliphatic heterocycles. The zero-order valence-corrected chi connectivity index (χ0v) is 11.8. The summed E-state index contributed by atoms with van der Waals surface area (Å²) in [6.45, 7) is 0.270. The minimum Gasteiger partial charge on any atom is -0.482 e. The lowest BCUT2D eigenvalue weighted by molar-refractivity contribution is 0.187. The monoisotopic (exact) mass is 312 g/mol. The minimum atomic E-state index is -0.435. The van der Waals surface area contributed by atoms with Crippen LogP contribution in [0.4, 0.5) is 0 Å². The molecule has 0 N–H and O–H groups in total. The lowest BCUT2D eigenvalue weighted by Crippen LogP contribution is -2.09.